The molecular weight excluding hydrogens is 202 g/mol. The topological polar surface area (TPSA) is 0 Å². The van der Waals surface area contributed by atoms with Gasteiger partial charge >= 0.3 is 19.5 Å². The van der Waals surface area contributed by atoms with Gasteiger partial charge in [0.1, 0.15) is 0 Å². The minimum Gasteiger partial charge on any atom is -0.343 e. The molecule has 0 aromatic heterocycles. The molecule has 0 unspecified atom stereocenters. The van der Waals surface area contributed by atoms with E-state index in [1.165, 1.54) is 12.8 Å². The monoisotopic (exact) mass is 222 g/mol. The Kier molecular flexibility index (Phi) is 17.5. The summed E-state index contributed by atoms with van der Waals surface area (Å²) in [7, 11) is -0.861. The van der Waals surface area contributed by atoms with Crippen LogP contribution in [-0.2, 0) is 19.5 Å². The second-order valence-corrected chi connectivity index (χ2v) is 8.89. The van der Waals surface area contributed by atoms with Gasteiger partial charge in [0.2, 0.25) is 0 Å². The molecule has 0 saturated carbocycles. The van der Waals surface area contributed by atoms with E-state index in [0.29, 0.717) is 0 Å². The third-order valence-corrected chi connectivity index (χ3v) is 0.604. The Morgan fingerprint density at radius 2 is 1.45 bits per heavy atom. The summed E-state index contributed by atoms with van der Waals surface area (Å²) in [5.74, 6) is 0. The third kappa shape index (κ3) is 105. The molecule has 2 heteroatoms. The van der Waals surface area contributed by atoms with Crippen molar-refractivity contribution < 1.29 is 19.5 Å². The molecule has 0 aromatic carbocycles. The Bertz CT molecular complexity index is 49.1. The summed E-state index contributed by atoms with van der Waals surface area (Å²) in [5.41, 5.74) is 0. The maximum atomic E-state index is 3.91. The van der Waals surface area contributed by atoms with Crippen LogP contribution < -0.4 is 0 Å². The molecule has 0 fully saturated rings. The third-order valence-electron chi connectivity index (χ3n) is 0.604. The van der Waals surface area contributed by atoms with Gasteiger partial charge in [-0.05, 0) is 0 Å². The van der Waals surface area contributed by atoms with Gasteiger partial charge in [-0.2, -0.15) is 6.42 Å². The molecule has 0 N–H and O–H groups in total. The van der Waals surface area contributed by atoms with Crippen molar-refractivity contribution in [3.05, 3.63) is 13.5 Å². The first-order valence-electron chi connectivity index (χ1n) is 4.06. The summed E-state index contributed by atoms with van der Waals surface area (Å²) in [5, 5.41) is 0. The SMILES string of the molecule is [CH2-]CCCC.[CH2-][Si](C)(C)C.[Zn+2]. The van der Waals surface area contributed by atoms with Gasteiger partial charge in [-0.1, -0.05) is 39.4 Å². The van der Waals surface area contributed by atoms with Gasteiger partial charge < -0.3 is 13.5 Å². The molecule has 0 saturated heterocycles. The number of hydrogen-bond donors (Lipinski definition) is 0. The van der Waals surface area contributed by atoms with Crippen molar-refractivity contribution >= 4 is 8.07 Å². The predicted molar refractivity (Wildman–Crippen MR) is 53.6 cm³/mol. The minimum atomic E-state index is -0.861. The molecule has 0 rings (SSSR count). The van der Waals surface area contributed by atoms with Gasteiger partial charge in [0, 0.05) is 0 Å². The Morgan fingerprint density at radius 1 is 1.18 bits per heavy atom. The van der Waals surface area contributed by atoms with Crippen LogP contribution in [0.15, 0.2) is 0 Å². The summed E-state index contributed by atoms with van der Waals surface area (Å²) in [6, 6.07) is 0. The quantitative estimate of drug-likeness (QED) is 0.495. The van der Waals surface area contributed by atoms with E-state index in [9.17, 15) is 0 Å². The summed E-state index contributed by atoms with van der Waals surface area (Å²) in [4.78, 5) is 0. The second-order valence-electron chi connectivity index (χ2n) is 3.77. The fraction of sp³-hybridized carbons (Fsp3) is 0.778. The first-order chi connectivity index (χ1) is 4.41. The van der Waals surface area contributed by atoms with Crippen LogP contribution in [0, 0.1) is 13.5 Å². The van der Waals surface area contributed by atoms with Crippen LogP contribution in [0.1, 0.15) is 26.2 Å². The molecule has 0 spiro atoms. The molecule has 0 atom stereocenters. The van der Waals surface area contributed by atoms with Gasteiger partial charge in [-0.3, -0.25) is 0 Å². The molecular formula is C9H22SiZn. The largest absolute Gasteiger partial charge is 2.00 e. The van der Waals surface area contributed by atoms with Crippen molar-refractivity contribution in [2.45, 2.75) is 45.8 Å². The van der Waals surface area contributed by atoms with E-state index in [-0.39, 0.29) is 19.5 Å². The normalized spacial score (nSPS) is 9.27. The van der Waals surface area contributed by atoms with Crippen molar-refractivity contribution in [1.82, 2.24) is 0 Å². The average molecular weight is 224 g/mol. The van der Waals surface area contributed by atoms with E-state index in [2.05, 4.69) is 40.0 Å². The first-order valence-corrected chi connectivity index (χ1v) is 7.77. The van der Waals surface area contributed by atoms with E-state index < -0.39 is 8.07 Å². The van der Waals surface area contributed by atoms with Crippen molar-refractivity contribution in [2.75, 3.05) is 0 Å². The van der Waals surface area contributed by atoms with Gasteiger partial charge in [0.25, 0.3) is 0 Å². The van der Waals surface area contributed by atoms with Crippen LogP contribution in [0.3, 0.4) is 0 Å². The van der Waals surface area contributed by atoms with Crippen LogP contribution in [0.25, 0.3) is 0 Å². The van der Waals surface area contributed by atoms with Gasteiger partial charge in [0.15, 0.2) is 0 Å². The summed E-state index contributed by atoms with van der Waals surface area (Å²) >= 11 is 0. The summed E-state index contributed by atoms with van der Waals surface area (Å²) in [6.07, 6.45) is 3.65. The number of hydrogen-bond acceptors (Lipinski definition) is 0. The molecule has 64 valence electrons. The standard InChI is InChI=1S/C5H11.C4H11Si.Zn/c1-3-5-4-2;1-5(2,3)4;/h1,3-5H2,2H3;1H2,2-4H3;/q2*-1;+2. The van der Waals surface area contributed by atoms with E-state index in [1.807, 2.05) is 0 Å². The molecule has 0 aliphatic heterocycles. The molecule has 0 amide bonds. The zero-order valence-corrected chi connectivity index (χ0v) is 12.7. The van der Waals surface area contributed by atoms with E-state index in [1.54, 1.807) is 0 Å². The second kappa shape index (κ2) is 10.8. The molecule has 0 aliphatic carbocycles. The average Bonchev–Trinajstić information content (AvgIpc) is 1.63. The first kappa shape index (κ1) is 17.8. The van der Waals surface area contributed by atoms with E-state index in [4.69, 9.17) is 0 Å². The van der Waals surface area contributed by atoms with Crippen molar-refractivity contribution in [3.8, 4) is 0 Å². The van der Waals surface area contributed by atoms with E-state index >= 15 is 0 Å². The molecule has 0 heterocycles. The molecule has 11 heavy (non-hydrogen) atoms. The zero-order valence-electron chi connectivity index (χ0n) is 8.74. The van der Waals surface area contributed by atoms with Crippen molar-refractivity contribution in [2.24, 2.45) is 0 Å². The van der Waals surface area contributed by atoms with E-state index in [0.717, 1.165) is 6.42 Å². The fourth-order valence-electron chi connectivity index (χ4n) is 0.250. The van der Waals surface area contributed by atoms with Gasteiger partial charge in [-0.15, -0.1) is 8.07 Å². The number of unbranched alkanes of at least 4 members (excludes halogenated alkanes) is 2. The molecule has 0 nitrogen and oxygen atoms in total. The molecule has 0 bridgehead atoms. The minimum absolute atomic E-state index is 0. The maximum Gasteiger partial charge on any atom is 2.00 e. The van der Waals surface area contributed by atoms with Crippen LogP contribution in [0.2, 0.25) is 19.6 Å². The summed E-state index contributed by atoms with van der Waals surface area (Å²) < 4.78 is 0. The smallest absolute Gasteiger partial charge is 0.343 e. The van der Waals surface area contributed by atoms with Crippen molar-refractivity contribution in [3.63, 3.8) is 0 Å². The molecule has 0 radical (unpaired) electrons. The van der Waals surface area contributed by atoms with Gasteiger partial charge in [0.05, 0.1) is 0 Å². The fourth-order valence-corrected chi connectivity index (χ4v) is 0.250. The van der Waals surface area contributed by atoms with Crippen molar-refractivity contribution in [1.29, 1.82) is 0 Å². The Labute approximate surface area is 86.9 Å². The zero-order chi connectivity index (χ0) is 8.62. The Morgan fingerprint density at radius 3 is 1.45 bits per heavy atom. The van der Waals surface area contributed by atoms with Crippen LogP contribution >= 0.6 is 0 Å². The Balaban J connectivity index is -0.000000107. The van der Waals surface area contributed by atoms with Gasteiger partial charge in [-0.25, -0.2) is 0 Å². The predicted octanol–water partition coefficient (Wildman–Crippen LogP) is 3.71. The Hall–Kier alpha value is 0.840. The van der Waals surface area contributed by atoms with Crippen LogP contribution in [0.5, 0.6) is 0 Å². The number of rotatable bonds is 2. The molecule has 0 aliphatic rings. The summed E-state index contributed by atoms with van der Waals surface area (Å²) in [6.45, 7) is 16.4. The van der Waals surface area contributed by atoms with Crippen LogP contribution in [-0.4, -0.2) is 8.07 Å². The maximum absolute atomic E-state index is 3.91. The van der Waals surface area contributed by atoms with Crippen LogP contribution in [0.4, 0.5) is 0 Å². The molecule has 0 aromatic rings.